The number of hydrogen-bond acceptors (Lipinski definition) is 5. The van der Waals surface area contributed by atoms with Gasteiger partial charge in [-0.2, -0.15) is 0 Å². The van der Waals surface area contributed by atoms with Gasteiger partial charge in [-0.1, -0.05) is 29.3 Å². The van der Waals surface area contributed by atoms with Crippen molar-refractivity contribution in [1.82, 2.24) is 5.32 Å². The molecule has 8 heteroatoms. The van der Waals surface area contributed by atoms with Gasteiger partial charge >= 0.3 is 5.97 Å². The molecule has 2 aromatic carbocycles. The number of benzene rings is 2. The Bertz CT molecular complexity index is 818. The molecule has 26 heavy (non-hydrogen) atoms. The number of carboxylic acid groups (broad SMARTS) is 1. The topological polar surface area (TPSA) is 67.8 Å². The second-order valence-corrected chi connectivity index (χ2v) is 7.69. The highest BCUT2D eigenvalue weighted by Gasteiger charge is 2.30. The molecule has 2 atom stereocenters. The minimum Gasteiger partial charge on any atom is -0.496 e. The van der Waals surface area contributed by atoms with Crippen molar-refractivity contribution in [3.63, 3.8) is 0 Å². The highest BCUT2D eigenvalue weighted by atomic mass is 35.5. The lowest BCUT2D eigenvalue weighted by molar-refractivity contribution is -0.138. The quantitative estimate of drug-likeness (QED) is 0.732. The Morgan fingerprint density at radius 2 is 2.04 bits per heavy atom. The van der Waals surface area contributed by atoms with Crippen molar-refractivity contribution in [1.29, 1.82) is 0 Å². The van der Waals surface area contributed by atoms with Crippen LogP contribution in [0.1, 0.15) is 16.5 Å². The first-order valence-corrected chi connectivity index (χ1v) is 9.63. The van der Waals surface area contributed by atoms with Gasteiger partial charge in [0.25, 0.3) is 0 Å². The predicted molar refractivity (Wildman–Crippen MR) is 104 cm³/mol. The van der Waals surface area contributed by atoms with Crippen molar-refractivity contribution >= 4 is 40.9 Å². The minimum atomic E-state index is -0.838. The number of thioether (sulfide) groups is 1. The zero-order valence-corrected chi connectivity index (χ0v) is 16.2. The molecule has 0 radical (unpaired) electrons. The molecular formula is C18H17Cl2NO4S. The van der Waals surface area contributed by atoms with E-state index in [0.29, 0.717) is 27.3 Å². The Balaban J connectivity index is 1.76. The molecule has 0 aromatic heterocycles. The first-order valence-electron chi connectivity index (χ1n) is 7.83. The number of rotatable bonds is 6. The molecule has 3 rings (SSSR count). The van der Waals surface area contributed by atoms with Crippen molar-refractivity contribution < 1.29 is 19.4 Å². The van der Waals surface area contributed by atoms with Crippen LogP contribution in [-0.2, 0) is 11.4 Å². The van der Waals surface area contributed by atoms with Crippen molar-refractivity contribution in [3.05, 3.63) is 57.6 Å². The van der Waals surface area contributed by atoms with Gasteiger partial charge < -0.3 is 14.6 Å². The van der Waals surface area contributed by atoms with Gasteiger partial charge in [0, 0.05) is 16.3 Å². The summed E-state index contributed by atoms with van der Waals surface area (Å²) in [5.74, 6) is 0.909. The standard InChI is InChI=1S/C18H17Cl2NO4S/c1-24-15-4-2-10(17-21-14(9-26-17)18(22)23)6-11(15)8-25-16-5-3-12(19)7-13(16)20/h2-7,14,17,21H,8-9H2,1H3,(H,22,23)/t14-,17-/m0/s1. The van der Waals surface area contributed by atoms with Crippen LogP contribution in [0.4, 0.5) is 0 Å². The number of methoxy groups -OCH3 is 1. The molecular weight excluding hydrogens is 397 g/mol. The summed E-state index contributed by atoms with van der Waals surface area (Å²) in [6, 6.07) is 10.2. The average Bonchev–Trinajstić information content (AvgIpc) is 3.11. The van der Waals surface area contributed by atoms with E-state index in [1.54, 1.807) is 37.1 Å². The van der Waals surface area contributed by atoms with E-state index in [4.69, 9.17) is 37.8 Å². The smallest absolute Gasteiger partial charge is 0.321 e. The van der Waals surface area contributed by atoms with E-state index in [-0.39, 0.29) is 12.0 Å². The minimum absolute atomic E-state index is 0.0834. The van der Waals surface area contributed by atoms with Gasteiger partial charge in [0.1, 0.15) is 24.1 Å². The van der Waals surface area contributed by atoms with Gasteiger partial charge in [-0.3, -0.25) is 10.1 Å². The molecule has 2 N–H and O–H groups in total. The van der Waals surface area contributed by atoms with E-state index >= 15 is 0 Å². The molecule has 0 saturated carbocycles. The second-order valence-electron chi connectivity index (χ2n) is 5.71. The first kappa shape index (κ1) is 19.2. The molecule has 0 spiro atoms. The van der Waals surface area contributed by atoms with Crippen LogP contribution in [0.15, 0.2) is 36.4 Å². The second kappa shape index (κ2) is 8.39. The lowest BCUT2D eigenvalue weighted by Gasteiger charge is -2.16. The first-order chi connectivity index (χ1) is 12.5. The average molecular weight is 414 g/mol. The molecule has 1 fully saturated rings. The molecule has 0 amide bonds. The summed E-state index contributed by atoms with van der Waals surface area (Å²) in [6.45, 7) is 0.262. The molecule has 1 heterocycles. The summed E-state index contributed by atoms with van der Waals surface area (Å²) in [5, 5.41) is 13.1. The van der Waals surface area contributed by atoms with Crippen LogP contribution >= 0.6 is 35.0 Å². The largest absolute Gasteiger partial charge is 0.496 e. The Morgan fingerprint density at radius 3 is 2.69 bits per heavy atom. The number of carboxylic acids is 1. The SMILES string of the molecule is COc1ccc([C@H]2N[C@H](C(=O)O)CS2)cc1COc1ccc(Cl)cc1Cl. The van der Waals surface area contributed by atoms with E-state index in [0.717, 1.165) is 11.1 Å². The third-order valence-electron chi connectivity index (χ3n) is 3.96. The number of hydrogen-bond donors (Lipinski definition) is 2. The maximum absolute atomic E-state index is 11.1. The lowest BCUT2D eigenvalue weighted by Crippen LogP contribution is -2.33. The molecule has 0 unspecified atom stereocenters. The number of carbonyl (C=O) groups is 1. The van der Waals surface area contributed by atoms with Gasteiger partial charge in [-0.05, 0) is 35.9 Å². The van der Waals surface area contributed by atoms with Crippen LogP contribution in [-0.4, -0.2) is 30.0 Å². The number of nitrogens with one attached hydrogen (secondary N) is 1. The lowest BCUT2D eigenvalue weighted by atomic mass is 10.1. The van der Waals surface area contributed by atoms with Crippen molar-refractivity contribution in [2.45, 2.75) is 18.0 Å². The van der Waals surface area contributed by atoms with Gasteiger partial charge in [-0.15, -0.1) is 11.8 Å². The van der Waals surface area contributed by atoms with Crippen LogP contribution in [0.5, 0.6) is 11.5 Å². The third-order valence-corrected chi connectivity index (χ3v) is 5.76. The van der Waals surface area contributed by atoms with E-state index in [2.05, 4.69) is 5.32 Å². The number of ether oxygens (including phenoxy) is 2. The molecule has 1 saturated heterocycles. The van der Waals surface area contributed by atoms with Crippen LogP contribution < -0.4 is 14.8 Å². The number of halogens is 2. The summed E-state index contributed by atoms with van der Waals surface area (Å²) in [4.78, 5) is 11.1. The zero-order valence-electron chi connectivity index (χ0n) is 13.9. The summed E-state index contributed by atoms with van der Waals surface area (Å²) in [5.41, 5.74) is 1.82. The van der Waals surface area contributed by atoms with E-state index in [9.17, 15) is 4.79 Å². The van der Waals surface area contributed by atoms with Crippen LogP contribution in [0.25, 0.3) is 0 Å². The Morgan fingerprint density at radius 1 is 1.27 bits per heavy atom. The van der Waals surface area contributed by atoms with Gasteiger partial charge in [-0.25, -0.2) is 0 Å². The molecule has 0 bridgehead atoms. The molecule has 0 aliphatic carbocycles. The van der Waals surface area contributed by atoms with Crippen LogP contribution in [0.3, 0.4) is 0 Å². The highest BCUT2D eigenvalue weighted by molar-refractivity contribution is 7.99. The van der Waals surface area contributed by atoms with Gasteiger partial charge in [0.05, 0.1) is 17.5 Å². The van der Waals surface area contributed by atoms with Gasteiger partial charge in [0.2, 0.25) is 0 Å². The van der Waals surface area contributed by atoms with Gasteiger partial charge in [0.15, 0.2) is 0 Å². The van der Waals surface area contributed by atoms with Crippen molar-refractivity contribution in [2.75, 3.05) is 12.9 Å². The fourth-order valence-corrected chi connectivity index (χ4v) is 4.31. The Hall–Kier alpha value is -1.60. The summed E-state index contributed by atoms with van der Waals surface area (Å²) < 4.78 is 11.2. The molecule has 2 aromatic rings. The Kier molecular flexibility index (Phi) is 6.19. The highest BCUT2D eigenvalue weighted by Crippen LogP contribution is 2.35. The number of aliphatic carboxylic acids is 1. The molecule has 1 aliphatic rings. The summed E-state index contributed by atoms with van der Waals surface area (Å²) >= 11 is 13.6. The van der Waals surface area contributed by atoms with E-state index in [1.807, 2.05) is 18.2 Å². The predicted octanol–water partition coefficient (Wildman–Crippen LogP) is 4.37. The third kappa shape index (κ3) is 4.38. The maximum Gasteiger partial charge on any atom is 0.321 e. The molecule has 5 nitrogen and oxygen atoms in total. The van der Waals surface area contributed by atoms with Crippen LogP contribution in [0.2, 0.25) is 10.0 Å². The van der Waals surface area contributed by atoms with Crippen molar-refractivity contribution in [2.24, 2.45) is 0 Å². The van der Waals surface area contributed by atoms with Crippen molar-refractivity contribution in [3.8, 4) is 11.5 Å². The van der Waals surface area contributed by atoms with E-state index < -0.39 is 12.0 Å². The molecule has 138 valence electrons. The van der Waals surface area contributed by atoms with Crippen LogP contribution in [0, 0.1) is 0 Å². The fraction of sp³-hybridized carbons (Fsp3) is 0.278. The summed E-state index contributed by atoms with van der Waals surface area (Å²) in [6.07, 6.45) is 0. The maximum atomic E-state index is 11.1. The normalized spacial score (nSPS) is 19.3. The zero-order chi connectivity index (χ0) is 18.7. The Labute approximate surface area is 165 Å². The molecule has 1 aliphatic heterocycles. The fourth-order valence-electron chi connectivity index (χ4n) is 2.63. The summed E-state index contributed by atoms with van der Waals surface area (Å²) in [7, 11) is 1.59. The monoisotopic (exact) mass is 413 g/mol. The van der Waals surface area contributed by atoms with E-state index in [1.165, 1.54) is 0 Å².